The van der Waals surface area contributed by atoms with Crippen LogP contribution in [0.5, 0.6) is 0 Å². The lowest BCUT2D eigenvalue weighted by atomic mass is 9.98. The van der Waals surface area contributed by atoms with Gasteiger partial charge in [-0.15, -0.1) is 0 Å². The van der Waals surface area contributed by atoms with Crippen LogP contribution in [0.1, 0.15) is 25.0 Å². The highest BCUT2D eigenvalue weighted by atomic mass is 16.3. The monoisotopic (exact) mass is 429 g/mol. The number of likely N-dealkylation sites (N-methyl/N-ethyl adjacent to an activating group) is 1. The zero-order valence-corrected chi connectivity index (χ0v) is 19.0. The van der Waals surface area contributed by atoms with E-state index >= 15 is 0 Å². The van der Waals surface area contributed by atoms with Crippen molar-refractivity contribution >= 4 is 16.7 Å². The summed E-state index contributed by atoms with van der Waals surface area (Å²) in [7, 11) is 2.01. The second-order valence-electron chi connectivity index (χ2n) is 9.03. The van der Waals surface area contributed by atoms with Gasteiger partial charge >= 0.3 is 0 Å². The molecule has 1 N–H and O–H groups in total. The number of anilines is 1. The van der Waals surface area contributed by atoms with Crippen LogP contribution in [0.4, 0.5) is 5.69 Å². The Morgan fingerprint density at radius 2 is 1.97 bits per heavy atom. The van der Waals surface area contributed by atoms with E-state index in [9.17, 15) is 5.26 Å². The van der Waals surface area contributed by atoms with Crippen molar-refractivity contribution in [3.63, 3.8) is 0 Å². The summed E-state index contributed by atoms with van der Waals surface area (Å²) < 4.78 is 5.71. The normalized spacial score (nSPS) is 21.0. The SMILES string of the molecule is Cc1cc2cc(N3CCN(CCCCC4=CNC5=CC=C(C#N)N(C)C45)CC3)ccc2o1. The van der Waals surface area contributed by atoms with Gasteiger partial charge in [0.05, 0.1) is 6.04 Å². The van der Waals surface area contributed by atoms with Crippen molar-refractivity contribution in [2.45, 2.75) is 32.2 Å². The third-order valence-electron chi connectivity index (χ3n) is 6.92. The Bertz CT molecular complexity index is 1130. The van der Waals surface area contributed by atoms with E-state index in [-0.39, 0.29) is 6.04 Å². The van der Waals surface area contributed by atoms with E-state index in [1.165, 1.54) is 35.2 Å². The molecule has 1 fully saturated rings. The highest BCUT2D eigenvalue weighted by Gasteiger charge is 2.31. The van der Waals surface area contributed by atoms with Gasteiger partial charge in [-0.05, 0) is 74.7 Å². The van der Waals surface area contributed by atoms with Gasteiger partial charge in [-0.2, -0.15) is 5.26 Å². The minimum Gasteiger partial charge on any atom is -0.461 e. The number of rotatable bonds is 6. The summed E-state index contributed by atoms with van der Waals surface area (Å²) in [4.78, 5) is 7.16. The number of nitrogens with one attached hydrogen (secondary N) is 1. The predicted octanol–water partition coefficient (Wildman–Crippen LogP) is 4.13. The van der Waals surface area contributed by atoms with E-state index in [1.54, 1.807) is 0 Å². The molecule has 32 heavy (non-hydrogen) atoms. The van der Waals surface area contributed by atoms with E-state index in [2.05, 4.69) is 56.6 Å². The Labute approximate surface area is 190 Å². The maximum atomic E-state index is 9.32. The van der Waals surface area contributed by atoms with Crippen LogP contribution in [0.2, 0.25) is 0 Å². The van der Waals surface area contributed by atoms with Gasteiger partial charge in [-0.25, -0.2) is 0 Å². The van der Waals surface area contributed by atoms with Gasteiger partial charge in [0, 0.05) is 56.2 Å². The number of fused-ring (bicyclic) bond motifs is 2. The minimum absolute atomic E-state index is 0.203. The van der Waals surface area contributed by atoms with E-state index in [1.807, 2.05) is 26.1 Å². The number of allylic oxidation sites excluding steroid dienone is 3. The maximum absolute atomic E-state index is 9.32. The molecule has 0 bridgehead atoms. The summed E-state index contributed by atoms with van der Waals surface area (Å²) in [6.45, 7) is 7.52. The summed E-state index contributed by atoms with van der Waals surface area (Å²) in [5, 5.41) is 13.9. The number of piperazine rings is 1. The van der Waals surface area contributed by atoms with Crippen LogP contribution in [0.15, 0.2) is 64.0 Å². The molecule has 3 aliphatic rings. The fourth-order valence-electron chi connectivity index (χ4n) is 5.14. The van der Waals surface area contributed by atoms with Gasteiger partial charge in [0.25, 0.3) is 0 Å². The lowest BCUT2D eigenvalue weighted by molar-refractivity contribution is 0.252. The second kappa shape index (κ2) is 8.76. The molecule has 1 unspecified atom stereocenters. The number of aryl methyl sites for hydroxylation is 1. The first kappa shape index (κ1) is 20.7. The zero-order valence-electron chi connectivity index (χ0n) is 19.0. The third-order valence-corrected chi connectivity index (χ3v) is 6.92. The molecular formula is C26H31N5O. The average Bonchev–Trinajstić information content (AvgIpc) is 3.39. The number of nitrogens with zero attached hydrogens (tertiary/aromatic N) is 4. The Balaban J connectivity index is 1.07. The number of hydrogen-bond donors (Lipinski definition) is 1. The third kappa shape index (κ3) is 4.01. The highest BCUT2D eigenvalue weighted by Crippen LogP contribution is 2.31. The molecule has 5 rings (SSSR count). The summed E-state index contributed by atoms with van der Waals surface area (Å²) >= 11 is 0. The summed E-state index contributed by atoms with van der Waals surface area (Å²) in [5.74, 6) is 0.968. The summed E-state index contributed by atoms with van der Waals surface area (Å²) in [6, 6.07) is 11.1. The highest BCUT2D eigenvalue weighted by molar-refractivity contribution is 5.82. The molecule has 0 aliphatic carbocycles. The maximum Gasteiger partial charge on any atom is 0.134 e. The summed E-state index contributed by atoms with van der Waals surface area (Å²) in [6.07, 6.45) is 9.52. The van der Waals surface area contributed by atoms with E-state index in [0.717, 1.165) is 56.2 Å². The summed E-state index contributed by atoms with van der Waals surface area (Å²) in [5.41, 5.74) is 5.56. The van der Waals surface area contributed by atoms with Crippen molar-refractivity contribution in [2.24, 2.45) is 0 Å². The molecule has 2 aromatic rings. The van der Waals surface area contributed by atoms with Crippen molar-refractivity contribution in [1.82, 2.24) is 15.1 Å². The van der Waals surface area contributed by atoms with Crippen molar-refractivity contribution in [3.8, 4) is 6.07 Å². The predicted molar refractivity (Wildman–Crippen MR) is 128 cm³/mol. The molecule has 3 aliphatic heterocycles. The Kier molecular flexibility index (Phi) is 5.67. The first-order valence-electron chi connectivity index (χ1n) is 11.6. The van der Waals surface area contributed by atoms with Crippen LogP contribution in [0, 0.1) is 18.3 Å². The number of furan rings is 1. The van der Waals surface area contributed by atoms with Gasteiger partial charge in [0.15, 0.2) is 0 Å². The zero-order chi connectivity index (χ0) is 22.1. The smallest absolute Gasteiger partial charge is 0.134 e. The fraction of sp³-hybridized carbons (Fsp3) is 0.423. The van der Waals surface area contributed by atoms with Crippen LogP contribution in [0.25, 0.3) is 11.0 Å². The molecular weight excluding hydrogens is 398 g/mol. The van der Waals surface area contributed by atoms with Crippen molar-refractivity contribution in [3.05, 3.63) is 65.3 Å². The van der Waals surface area contributed by atoms with E-state index < -0.39 is 0 Å². The first-order chi connectivity index (χ1) is 15.6. The van der Waals surface area contributed by atoms with Gasteiger partial charge in [0.1, 0.15) is 23.1 Å². The first-order valence-corrected chi connectivity index (χ1v) is 11.6. The van der Waals surface area contributed by atoms with Crippen molar-refractivity contribution in [2.75, 3.05) is 44.7 Å². The fourth-order valence-corrected chi connectivity index (χ4v) is 5.14. The molecule has 6 heteroatoms. The lowest BCUT2D eigenvalue weighted by Gasteiger charge is -2.36. The average molecular weight is 430 g/mol. The number of benzene rings is 1. The van der Waals surface area contributed by atoms with Gasteiger partial charge in [0.2, 0.25) is 0 Å². The van der Waals surface area contributed by atoms with Crippen molar-refractivity contribution in [1.29, 1.82) is 5.26 Å². The van der Waals surface area contributed by atoms with E-state index in [4.69, 9.17) is 4.42 Å². The van der Waals surface area contributed by atoms with Crippen molar-refractivity contribution < 1.29 is 4.42 Å². The molecule has 0 radical (unpaired) electrons. The van der Waals surface area contributed by atoms with Gasteiger partial charge in [-0.1, -0.05) is 0 Å². The molecule has 166 valence electrons. The molecule has 1 atom stereocenters. The molecule has 0 amide bonds. The van der Waals surface area contributed by atoms with Crippen LogP contribution >= 0.6 is 0 Å². The molecule has 1 saturated heterocycles. The van der Waals surface area contributed by atoms with Crippen LogP contribution in [-0.4, -0.2) is 55.6 Å². The Morgan fingerprint density at radius 3 is 2.78 bits per heavy atom. The van der Waals surface area contributed by atoms with E-state index in [0.29, 0.717) is 0 Å². The molecule has 1 aromatic carbocycles. The second-order valence-corrected chi connectivity index (χ2v) is 9.03. The van der Waals surface area contributed by atoms with Gasteiger partial charge in [-0.3, -0.25) is 4.90 Å². The molecule has 6 nitrogen and oxygen atoms in total. The van der Waals surface area contributed by atoms with Gasteiger partial charge < -0.3 is 19.5 Å². The standard InChI is InChI=1S/C26H31N5O/c1-19-15-21-16-22(7-9-25(21)32-19)31-13-11-30(12-14-31)10-4-3-5-20-18-28-24-8-6-23(17-27)29(2)26(20)24/h6-9,15-16,18,26,28H,3-5,10-14H2,1-2H3. The Hall–Kier alpha value is -3.17. The molecule has 1 aromatic heterocycles. The number of nitriles is 1. The van der Waals surface area contributed by atoms with Crippen LogP contribution in [0.3, 0.4) is 0 Å². The lowest BCUT2D eigenvalue weighted by Crippen LogP contribution is -2.46. The quantitative estimate of drug-likeness (QED) is 0.697. The number of hydrogen-bond acceptors (Lipinski definition) is 6. The molecule has 4 heterocycles. The van der Waals surface area contributed by atoms with Crippen LogP contribution < -0.4 is 10.2 Å². The minimum atomic E-state index is 0.203. The number of unbranched alkanes of at least 4 members (excludes halogenated alkanes) is 1. The topological polar surface area (TPSA) is 58.7 Å². The van der Waals surface area contributed by atoms with Crippen LogP contribution in [-0.2, 0) is 0 Å². The Morgan fingerprint density at radius 1 is 1.12 bits per heavy atom. The molecule has 0 saturated carbocycles. The largest absolute Gasteiger partial charge is 0.461 e. The molecule has 0 spiro atoms.